The lowest BCUT2D eigenvalue weighted by atomic mass is 10.00. The second-order valence-electron chi connectivity index (χ2n) is 6.79. The van der Waals surface area contributed by atoms with Crippen molar-refractivity contribution in [3.05, 3.63) is 59.2 Å². The number of carbonyl (C=O) groups excluding carboxylic acids is 2. The van der Waals surface area contributed by atoms with E-state index in [9.17, 15) is 9.59 Å². The van der Waals surface area contributed by atoms with Gasteiger partial charge in [0.05, 0.1) is 18.3 Å². The Labute approximate surface area is 154 Å². The summed E-state index contributed by atoms with van der Waals surface area (Å²) in [6.45, 7) is 7.72. The van der Waals surface area contributed by atoms with Gasteiger partial charge >= 0.3 is 0 Å². The third-order valence-corrected chi connectivity index (χ3v) is 4.71. The zero-order valence-corrected chi connectivity index (χ0v) is 15.6. The summed E-state index contributed by atoms with van der Waals surface area (Å²) in [5.74, 6) is 0.216. The fourth-order valence-electron chi connectivity index (χ4n) is 3.28. The number of rotatable bonds is 3. The SMILES string of the molecule is CC(=O)N1CC(C(=O)NC(C)c2cc(C)ccc2C)Oc2ccccc21. The lowest BCUT2D eigenvalue weighted by Crippen LogP contribution is -2.50. The number of amides is 2. The normalized spacial score (nSPS) is 17.1. The van der Waals surface area contributed by atoms with E-state index in [-0.39, 0.29) is 24.4 Å². The average molecular weight is 352 g/mol. The molecule has 0 spiro atoms. The highest BCUT2D eigenvalue weighted by Gasteiger charge is 2.33. The van der Waals surface area contributed by atoms with Gasteiger partial charge in [0.15, 0.2) is 6.10 Å². The van der Waals surface area contributed by atoms with E-state index in [0.29, 0.717) is 11.4 Å². The van der Waals surface area contributed by atoms with Gasteiger partial charge in [-0.15, -0.1) is 0 Å². The number of para-hydroxylation sites is 2. The minimum absolute atomic E-state index is 0.110. The first-order valence-electron chi connectivity index (χ1n) is 8.78. The van der Waals surface area contributed by atoms with E-state index in [2.05, 4.69) is 23.5 Å². The van der Waals surface area contributed by atoms with Crippen molar-refractivity contribution >= 4 is 17.5 Å². The van der Waals surface area contributed by atoms with Gasteiger partial charge in [0.1, 0.15) is 5.75 Å². The molecular formula is C21H24N2O3. The second kappa shape index (κ2) is 7.20. The molecule has 0 saturated carbocycles. The minimum Gasteiger partial charge on any atom is -0.477 e. The van der Waals surface area contributed by atoms with Crippen molar-refractivity contribution < 1.29 is 14.3 Å². The van der Waals surface area contributed by atoms with Crippen LogP contribution in [0.5, 0.6) is 5.75 Å². The van der Waals surface area contributed by atoms with Crippen LogP contribution in [0, 0.1) is 13.8 Å². The number of hydrogen-bond donors (Lipinski definition) is 1. The summed E-state index contributed by atoms with van der Waals surface area (Å²) in [4.78, 5) is 26.4. The summed E-state index contributed by atoms with van der Waals surface area (Å²) < 4.78 is 5.86. The molecule has 2 aromatic rings. The van der Waals surface area contributed by atoms with E-state index in [1.165, 1.54) is 6.92 Å². The van der Waals surface area contributed by atoms with Crippen LogP contribution in [-0.4, -0.2) is 24.5 Å². The number of nitrogens with zero attached hydrogens (tertiary/aromatic N) is 1. The second-order valence-corrected chi connectivity index (χ2v) is 6.79. The van der Waals surface area contributed by atoms with E-state index in [4.69, 9.17) is 4.74 Å². The van der Waals surface area contributed by atoms with Crippen LogP contribution in [0.3, 0.4) is 0 Å². The van der Waals surface area contributed by atoms with Gasteiger partial charge in [0.25, 0.3) is 5.91 Å². The van der Waals surface area contributed by atoms with Crippen molar-refractivity contribution in [3.63, 3.8) is 0 Å². The monoisotopic (exact) mass is 352 g/mol. The van der Waals surface area contributed by atoms with Crippen LogP contribution in [-0.2, 0) is 9.59 Å². The predicted octanol–water partition coefficient (Wildman–Crippen LogP) is 3.29. The predicted molar refractivity (Wildman–Crippen MR) is 101 cm³/mol. The molecule has 2 atom stereocenters. The number of fused-ring (bicyclic) bond motifs is 1. The molecule has 0 aliphatic carbocycles. The first-order chi connectivity index (χ1) is 12.4. The molecule has 3 rings (SSSR count). The molecule has 0 radical (unpaired) electrons. The van der Waals surface area contributed by atoms with Crippen LogP contribution in [0.15, 0.2) is 42.5 Å². The average Bonchev–Trinajstić information content (AvgIpc) is 2.62. The van der Waals surface area contributed by atoms with Crippen LogP contribution in [0.2, 0.25) is 0 Å². The first-order valence-corrected chi connectivity index (χ1v) is 8.78. The van der Waals surface area contributed by atoms with Crippen molar-refractivity contribution in [3.8, 4) is 5.75 Å². The molecule has 0 bridgehead atoms. The Morgan fingerprint density at radius 3 is 2.65 bits per heavy atom. The molecule has 0 aromatic heterocycles. The molecule has 136 valence electrons. The highest BCUT2D eigenvalue weighted by molar-refractivity contribution is 5.95. The van der Waals surface area contributed by atoms with Crippen LogP contribution in [0.25, 0.3) is 0 Å². The Kier molecular flexibility index (Phi) is 4.98. The molecule has 26 heavy (non-hydrogen) atoms. The molecular weight excluding hydrogens is 328 g/mol. The fourth-order valence-corrected chi connectivity index (χ4v) is 3.28. The zero-order chi connectivity index (χ0) is 18.8. The molecule has 0 fully saturated rings. The van der Waals surface area contributed by atoms with E-state index in [1.54, 1.807) is 11.0 Å². The van der Waals surface area contributed by atoms with Gasteiger partial charge < -0.3 is 15.0 Å². The quantitative estimate of drug-likeness (QED) is 0.922. The summed E-state index contributed by atoms with van der Waals surface area (Å²) in [5, 5.41) is 3.02. The number of ether oxygens (including phenoxy) is 1. The maximum absolute atomic E-state index is 12.8. The van der Waals surface area contributed by atoms with Crippen molar-refractivity contribution in [2.75, 3.05) is 11.4 Å². The molecule has 0 saturated heterocycles. The van der Waals surface area contributed by atoms with Crippen molar-refractivity contribution in [2.24, 2.45) is 0 Å². The Morgan fingerprint density at radius 1 is 1.19 bits per heavy atom. The number of nitrogens with one attached hydrogen (secondary N) is 1. The van der Waals surface area contributed by atoms with Gasteiger partial charge in [0.2, 0.25) is 5.91 Å². The fraction of sp³-hybridized carbons (Fsp3) is 0.333. The van der Waals surface area contributed by atoms with Crippen molar-refractivity contribution in [1.29, 1.82) is 0 Å². The Balaban J connectivity index is 1.78. The van der Waals surface area contributed by atoms with Gasteiger partial charge in [-0.05, 0) is 44.0 Å². The van der Waals surface area contributed by atoms with Crippen LogP contribution in [0.4, 0.5) is 5.69 Å². The van der Waals surface area contributed by atoms with Gasteiger partial charge in [-0.3, -0.25) is 9.59 Å². The number of anilines is 1. The number of benzene rings is 2. The van der Waals surface area contributed by atoms with E-state index in [1.807, 2.05) is 39.0 Å². The third kappa shape index (κ3) is 3.57. The summed E-state index contributed by atoms with van der Waals surface area (Å²) in [6, 6.07) is 13.3. The molecule has 5 nitrogen and oxygen atoms in total. The summed E-state index contributed by atoms with van der Waals surface area (Å²) in [7, 11) is 0. The highest BCUT2D eigenvalue weighted by atomic mass is 16.5. The third-order valence-electron chi connectivity index (χ3n) is 4.71. The lowest BCUT2D eigenvalue weighted by Gasteiger charge is -2.34. The topological polar surface area (TPSA) is 58.6 Å². The lowest BCUT2D eigenvalue weighted by molar-refractivity contribution is -0.129. The molecule has 2 amide bonds. The molecule has 2 unspecified atom stereocenters. The molecule has 1 heterocycles. The first kappa shape index (κ1) is 18.0. The zero-order valence-electron chi connectivity index (χ0n) is 15.6. The minimum atomic E-state index is -0.735. The Bertz CT molecular complexity index is 847. The van der Waals surface area contributed by atoms with Crippen LogP contribution >= 0.6 is 0 Å². The number of aryl methyl sites for hydroxylation is 2. The van der Waals surface area contributed by atoms with E-state index >= 15 is 0 Å². The smallest absolute Gasteiger partial charge is 0.263 e. The van der Waals surface area contributed by atoms with Gasteiger partial charge in [-0.1, -0.05) is 35.9 Å². The standard InChI is InChI=1S/C21H24N2O3/c1-13-9-10-14(2)17(11-13)15(3)22-21(25)20-12-23(16(4)24)18-7-5-6-8-19(18)26-20/h5-11,15,20H,12H2,1-4H3,(H,22,25). The molecule has 2 aromatic carbocycles. The largest absolute Gasteiger partial charge is 0.477 e. The van der Waals surface area contributed by atoms with Gasteiger partial charge in [-0.25, -0.2) is 0 Å². The van der Waals surface area contributed by atoms with E-state index in [0.717, 1.165) is 16.7 Å². The van der Waals surface area contributed by atoms with Crippen LogP contribution < -0.4 is 15.0 Å². The number of hydrogen-bond acceptors (Lipinski definition) is 3. The van der Waals surface area contributed by atoms with Crippen LogP contribution in [0.1, 0.15) is 36.6 Å². The molecule has 5 heteroatoms. The highest BCUT2D eigenvalue weighted by Crippen LogP contribution is 2.33. The van der Waals surface area contributed by atoms with Crippen molar-refractivity contribution in [1.82, 2.24) is 5.32 Å². The summed E-state index contributed by atoms with van der Waals surface area (Å²) >= 11 is 0. The molecule has 1 N–H and O–H groups in total. The molecule has 1 aliphatic rings. The maximum atomic E-state index is 12.8. The van der Waals surface area contributed by atoms with E-state index < -0.39 is 6.10 Å². The molecule has 1 aliphatic heterocycles. The van der Waals surface area contributed by atoms with Gasteiger partial charge in [0, 0.05) is 6.92 Å². The summed E-state index contributed by atoms with van der Waals surface area (Å²) in [5.41, 5.74) is 4.06. The van der Waals surface area contributed by atoms with Gasteiger partial charge in [-0.2, -0.15) is 0 Å². The summed E-state index contributed by atoms with van der Waals surface area (Å²) in [6.07, 6.45) is -0.735. The van der Waals surface area contributed by atoms with Crippen molar-refractivity contribution in [2.45, 2.75) is 39.8 Å². The Morgan fingerprint density at radius 2 is 1.92 bits per heavy atom. The number of carbonyl (C=O) groups is 2. The maximum Gasteiger partial charge on any atom is 0.263 e. The Hall–Kier alpha value is -2.82.